The van der Waals surface area contributed by atoms with Crippen molar-refractivity contribution in [3.05, 3.63) is 94.2 Å². The maximum absolute atomic E-state index is 13.1. The number of carbonyl (C=O) groups is 1. The third kappa shape index (κ3) is 6.02. The molecular weight excluding hydrogens is 474 g/mol. The van der Waals surface area contributed by atoms with Gasteiger partial charge in [0.15, 0.2) is 10.9 Å². The minimum Gasteiger partial charge on any atom is -0.467 e. The van der Waals surface area contributed by atoms with Gasteiger partial charge >= 0.3 is 0 Å². The van der Waals surface area contributed by atoms with Crippen LogP contribution < -0.4 is 10.3 Å². The SMILES string of the molecule is CS(=O)(=O)NCCc1ccc(C(=O)CSc2nc3ccccc3c(=O)n2Cc2ccco2)cc1. The number of ketones is 1. The number of aromatic nitrogens is 2. The molecule has 4 rings (SSSR count). The van der Waals surface area contributed by atoms with Crippen LogP contribution >= 0.6 is 11.8 Å². The molecule has 0 saturated heterocycles. The smallest absolute Gasteiger partial charge is 0.262 e. The molecule has 0 amide bonds. The molecule has 0 saturated carbocycles. The lowest BCUT2D eigenvalue weighted by Crippen LogP contribution is -2.24. The number of rotatable bonds is 10. The zero-order chi connectivity index (χ0) is 24.1. The number of carbonyl (C=O) groups excluding carboxylic acids is 1. The van der Waals surface area contributed by atoms with Crippen LogP contribution in [0.15, 0.2) is 81.3 Å². The molecule has 0 aliphatic rings. The number of Topliss-reactive ketones (excluding diaryl/α,β-unsaturated/α-hetero) is 1. The Morgan fingerprint density at radius 2 is 1.85 bits per heavy atom. The fourth-order valence-electron chi connectivity index (χ4n) is 3.41. The second kappa shape index (κ2) is 10.4. The van der Waals surface area contributed by atoms with Gasteiger partial charge in [-0.25, -0.2) is 18.1 Å². The van der Waals surface area contributed by atoms with Crippen molar-refractivity contribution in [3.8, 4) is 0 Å². The first-order valence-electron chi connectivity index (χ1n) is 10.5. The Morgan fingerprint density at radius 1 is 1.09 bits per heavy atom. The number of fused-ring (bicyclic) bond motifs is 1. The van der Waals surface area contributed by atoms with Gasteiger partial charge in [0.05, 0.1) is 35.7 Å². The highest BCUT2D eigenvalue weighted by Gasteiger charge is 2.15. The molecule has 0 aliphatic heterocycles. The number of nitrogens with one attached hydrogen (secondary N) is 1. The van der Waals surface area contributed by atoms with Crippen molar-refractivity contribution < 1.29 is 17.6 Å². The number of thioether (sulfide) groups is 1. The first-order valence-corrected chi connectivity index (χ1v) is 13.4. The molecule has 0 bridgehead atoms. The number of hydrogen-bond acceptors (Lipinski definition) is 7. The lowest BCUT2D eigenvalue weighted by atomic mass is 10.1. The molecule has 8 nitrogen and oxygen atoms in total. The van der Waals surface area contributed by atoms with Crippen LogP contribution in [0, 0.1) is 0 Å². The summed E-state index contributed by atoms with van der Waals surface area (Å²) in [5, 5.41) is 0.947. The molecule has 2 aromatic heterocycles. The molecule has 1 N–H and O–H groups in total. The summed E-state index contributed by atoms with van der Waals surface area (Å²) >= 11 is 1.21. The Kier molecular flexibility index (Phi) is 7.30. The van der Waals surface area contributed by atoms with Crippen LogP contribution in [0.4, 0.5) is 0 Å². The van der Waals surface area contributed by atoms with E-state index in [9.17, 15) is 18.0 Å². The van der Waals surface area contributed by atoms with E-state index in [1.165, 1.54) is 16.3 Å². The molecule has 10 heteroatoms. The highest BCUT2D eigenvalue weighted by atomic mass is 32.2. The topological polar surface area (TPSA) is 111 Å². The molecule has 0 radical (unpaired) electrons. The maximum Gasteiger partial charge on any atom is 0.262 e. The molecule has 176 valence electrons. The summed E-state index contributed by atoms with van der Waals surface area (Å²) in [7, 11) is -3.23. The fourth-order valence-corrected chi connectivity index (χ4v) is 4.77. The van der Waals surface area contributed by atoms with Crippen LogP contribution in [0.5, 0.6) is 0 Å². The van der Waals surface area contributed by atoms with E-state index in [1.807, 2.05) is 18.2 Å². The summed E-state index contributed by atoms with van der Waals surface area (Å²) < 4.78 is 31.7. The van der Waals surface area contributed by atoms with Crippen molar-refractivity contribution in [2.75, 3.05) is 18.6 Å². The van der Waals surface area contributed by atoms with Gasteiger partial charge in [-0.2, -0.15) is 0 Å². The molecule has 0 unspecified atom stereocenters. The Balaban J connectivity index is 1.49. The van der Waals surface area contributed by atoms with Crippen molar-refractivity contribution in [1.82, 2.24) is 14.3 Å². The molecular formula is C24H23N3O5S2. The molecule has 2 heterocycles. The normalized spacial score (nSPS) is 11.7. The number of furan rings is 1. The van der Waals surface area contributed by atoms with E-state index < -0.39 is 10.0 Å². The Morgan fingerprint density at radius 3 is 2.56 bits per heavy atom. The lowest BCUT2D eigenvalue weighted by molar-refractivity contribution is 0.102. The van der Waals surface area contributed by atoms with Gasteiger partial charge in [-0.1, -0.05) is 48.2 Å². The molecule has 0 fully saturated rings. The number of sulfonamides is 1. The van der Waals surface area contributed by atoms with E-state index in [1.54, 1.807) is 48.7 Å². The number of nitrogens with zero attached hydrogens (tertiary/aromatic N) is 2. The summed E-state index contributed by atoms with van der Waals surface area (Å²) in [6.45, 7) is 0.513. The summed E-state index contributed by atoms with van der Waals surface area (Å²) in [4.78, 5) is 30.5. The van der Waals surface area contributed by atoms with Gasteiger partial charge in [0.25, 0.3) is 5.56 Å². The predicted octanol–water partition coefficient (Wildman–Crippen LogP) is 3.10. The molecule has 2 aromatic carbocycles. The van der Waals surface area contributed by atoms with Crippen molar-refractivity contribution in [3.63, 3.8) is 0 Å². The van der Waals surface area contributed by atoms with Crippen LogP contribution in [0.1, 0.15) is 21.7 Å². The minimum absolute atomic E-state index is 0.0993. The van der Waals surface area contributed by atoms with Crippen LogP contribution in [0.25, 0.3) is 10.9 Å². The maximum atomic E-state index is 13.1. The third-order valence-corrected chi connectivity index (χ3v) is 6.81. The average molecular weight is 498 g/mol. The summed E-state index contributed by atoms with van der Waals surface area (Å²) in [6.07, 6.45) is 3.19. The fraction of sp³-hybridized carbons (Fsp3) is 0.208. The molecule has 0 spiro atoms. The Hall–Kier alpha value is -3.21. The monoisotopic (exact) mass is 497 g/mol. The van der Waals surface area contributed by atoms with Crippen molar-refractivity contribution in [1.29, 1.82) is 0 Å². The van der Waals surface area contributed by atoms with E-state index in [4.69, 9.17) is 4.42 Å². The highest BCUT2D eigenvalue weighted by molar-refractivity contribution is 7.99. The van der Waals surface area contributed by atoms with E-state index in [0.29, 0.717) is 40.3 Å². The number of benzene rings is 2. The quantitative estimate of drug-likeness (QED) is 0.204. The van der Waals surface area contributed by atoms with Gasteiger partial charge in [-0.05, 0) is 36.2 Å². The van der Waals surface area contributed by atoms with Crippen LogP contribution in [0.2, 0.25) is 0 Å². The Bertz CT molecular complexity index is 1460. The van der Waals surface area contributed by atoms with Gasteiger partial charge in [0.2, 0.25) is 10.0 Å². The van der Waals surface area contributed by atoms with Crippen LogP contribution in [-0.4, -0.2) is 42.3 Å². The van der Waals surface area contributed by atoms with Gasteiger partial charge in [0, 0.05) is 12.1 Å². The van der Waals surface area contributed by atoms with Gasteiger partial charge < -0.3 is 4.42 Å². The highest BCUT2D eigenvalue weighted by Crippen LogP contribution is 2.20. The molecule has 34 heavy (non-hydrogen) atoms. The third-order valence-electron chi connectivity index (χ3n) is 5.11. The second-order valence-corrected chi connectivity index (χ2v) is 10.5. The van der Waals surface area contributed by atoms with Crippen LogP contribution in [-0.2, 0) is 23.0 Å². The lowest BCUT2D eigenvalue weighted by Gasteiger charge is -2.12. The van der Waals surface area contributed by atoms with E-state index in [2.05, 4.69) is 9.71 Å². The second-order valence-electron chi connectivity index (χ2n) is 7.71. The zero-order valence-corrected chi connectivity index (χ0v) is 20.1. The number of hydrogen-bond donors (Lipinski definition) is 1. The van der Waals surface area contributed by atoms with Gasteiger partial charge in [-0.15, -0.1) is 0 Å². The van der Waals surface area contributed by atoms with Crippen molar-refractivity contribution in [2.45, 2.75) is 18.1 Å². The van der Waals surface area contributed by atoms with Crippen LogP contribution in [0.3, 0.4) is 0 Å². The summed E-state index contributed by atoms with van der Waals surface area (Å²) in [5.41, 5.74) is 1.84. The number of para-hydroxylation sites is 1. The molecule has 4 aromatic rings. The van der Waals surface area contributed by atoms with E-state index in [0.717, 1.165) is 11.8 Å². The van der Waals surface area contributed by atoms with Crippen molar-refractivity contribution >= 4 is 38.5 Å². The van der Waals surface area contributed by atoms with Crippen molar-refractivity contribution in [2.24, 2.45) is 0 Å². The van der Waals surface area contributed by atoms with E-state index >= 15 is 0 Å². The van der Waals surface area contributed by atoms with E-state index in [-0.39, 0.29) is 23.6 Å². The molecule has 0 aliphatic carbocycles. The Labute approximate surface area is 201 Å². The zero-order valence-electron chi connectivity index (χ0n) is 18.4. The van der Waals surface area contributed by atoms with Gasteiger partial charge in [-0.3, -0.25) is 14.2 Å². The summed E-state index contributed by atoms with van der Waals surface area (Å²) in [5.74, 6) is 0.629. The average Bonchev–Trinajstić information content (AvgIpc) is 3.32. The minimum atomic E-state index is -3.23. The first-order chi connectivity index (χ1) is 16.3. The molecule has 0 atom stereocenters. The van der Waals surface area contributed by atoms with Gasteiger partial charge in [0.1, 0.15) is 5.76 Å². The standard InChI is InChI=1S/C24H23N3O5S2/c1-34(30,31)25-13-12-17-8-10-18(11-9-17)22(28)16-33-24-26-21-7-3-2-6-20(21)23(29)27(24)15-19-5-4-14-32-19/h2-11,14,25H,12-13,15-16H2,1H3. The largest absolute Gasteiger partial charge is 0.467 e. The summed E-state index contributed by atoms with van der Waals surface area (Å²) in [6, 6.07) is 17.7. The first kappa shape index (κ1) is 23.9. The predicted molar refractivity (Wildman–Crippen MR) is 132 cm³/mol.